The number of hydrogen-bond acceptors (Lipinski definition) is 6. The van der Waals surface area contributed by atoms with Gasteiger partial charge in [-0.3, -0.25) is 14.5 Å². The quantitative estimate of drug-likeness (QED) is 0.137. The van der Waals surface area contributed by atoms with E-state index in [0.717, 1.165) is 12.8 Å². The first kappa shape index (κ1) is 26.1. The van der Waals surface area contributed by atoms with Gasteiger partial charge >= 0.3 is 6.18 Å². The number of hydrogen-bond donors (Lipinski definition) is 4. The van der Waals surface area contributed by atoms with Crippen LogP contribution >= 0.6 is 0 Å². The third-order valence-electron chi connectivity index (χ3n) is 6.34. The van der Waals surface area contributed by atoms with Crippen LogP contribution in [-0.2, 0) is 4.79 Å². The van der Waals surface area contributed by atoms with Crippen LogP contribution < -0.4 is 22.3 Å². The first-order valence-electron chi connectivity index (χ1n) is 11.2. The van der Waals surface area contributed by atoms with Gasteiger partial charge in [-0.25, -0.2) is 14.6 Å². The zero-order valence-electron chi connectivity index (χ0n) is 18.9. The smallest absolute Gasteiger partial charge is 0.322 e. The van der Waals surface area contributed by atoms with Crippen molar-refractivity contribution in [1.82, 2.24) is 20.1 Å². The molecule has 9 nitrogen and oxygen atoms in total. The molecule has 2 unspecified atom stereocenters. The Balaban J connectivity index is 1.71. The SMILES string of the molecule is CNC(C(=O)Nc1cnn(C(CC2CC2)/C(=N/N)N(N)CC(F)(F)F)c1)C1CCC(F)(F)CC1. The fourth-order valence-electron chi connectivity index (χ4n) is 4.40. The van der Waals surface area contributed by atoms with Gasteiger partial charge in [0.05, 0.1) is 17.9 Å². The Bertz CT molecular complexity index is 859. The Labute approximate surface area is 194 Å². The molecule has 0 radical (unpaired) electrons. The Morgan fingerprint density at radius 1 is 1.32 bits per heavy atom. The molecule has 2 atom stereocenters. The van der Waals surface area contributed by atoms with E-state index in [1.54, 1.807) is 7.05 Å². The molecule has 0 aliphatic heterocycles. The second kappa shape index (κ2) is 10.4. The molecule has 0 aromatic carbocycles. The lowest BCUT2D eigenvalue weighted by molar-refractivity contribution is -0.138. The number of anilines is 1. The summed E-state index contributed by atoms with van der Waals surface area (Å²) in [5, 5.41) is 13.8. The van der Waals surface area contributed by atoms with Crippen molar-refractivity contribution in [3.8, 4) is 0 Å². The summed E-state index contributed by atoms with van der Waals surface area (Å²) in [6.45, 7) is -1.43. The molecule has 1 aromatic rings. The van der Waals surface area contributed by atoms with Crippen LogP contribution in [0.1, 0.15) is 51.0 Å². The minimum atomic E-state index is -4.55. The van der Waals surface area contributed by atoms with Crippen molar-refractivity contribution < 1.29 is 26.7 Å². The Kier molecular flexibility index (Phi) is 8.01. The molecule has 2 saturated carbocycles. The van der Waals surface area contributed by atoms with Crippen LogP contribution in [0.4, 0.5) is 27.6 Å². The molecule has 0 bridgehead atoms. The maximum absolute atomic E-state index is 13.5. The molecule has 192 valence electrons. The third-order valence-corrected chi connectivity index (χ3v) is 6.34. The maximum Gasteiger partial charge on any atom is 0.407 e. The topological polar surface area (TPSA) is 127 Å². The van der Waals surface area contributed by atoms with Gasteiger partial charge in [-0.1, -0.05) is 12.8 Å². The highest BCUT2D eigenvalue weighted by Crippen LogP contribution is 2.39. The van der Waals surface area contributed by atoms with E-state index < -0.39 is 36.6 Å². The summed E-state index contributed by atoms with van der Waals surface area (Å²) in [6, 6.07) is -1.43. The van der Waals surface area contributed by atoms with Crippen LogP contribution in [0.15, 0.2) is 17.5 Å². The highest BCUT2D eigenvalue weighted by atomic mass is 19.4. The predicted octanol–water partition coefficient (Wildman–Crippen LogP) is 2.59. The molecule has 0 saturated heterocycles. The largest absolute Gasteiger partial charge is 0.407 e. The number of hydrazine groups is 1. The number of rotatable bonds is 9. The van der Waals surface area contributed by atoms with E-state index in [1.807, 2.05) is 0 Å². The van der Waals surface area contributed by atoms with E-state index >= 15 is 0 Å². The fourth-order valence-corrected chi connectivity index (χ4v) is 4.40. The summed E-state index contributed by atoms with van der Waals surface area (Å²) in [7, 11) is 1.59. The molecule has 2 aliphatic rings. The molecule has 2 aliphatic carbocycles. The average molecular weight is 495 g/mol. The number of carbonyl (C=O) groups excluding carboxylic acids is 1. The lowest BCUT2D eigenvalue weighted by Gasteiger charge is -2.32. The average Bonchev–Trinajstić information content (AvgIpc) is 3.44. The van der Waals surface area contributed by atoms with Crippen molar-refractivity contribution in [2.24, 2.45) is 28.6 Å². The summed E-state index contributed by atoms with van der Waals surface area (Å²) in [4.78, 5) is 12.8. The molecular formula is C20H31F5N8O. The van der Waals surface area contributed by atoms with Crippen molar-refractivity contribution in [2.45, 2.75) is 69.1 Å². The molecule has 1 aromatic heterocycles. The third kappa shape index (κ3) is 7.01. The van der Waals surface area contributed by atoms with Gasteiger partial charge in [-0.15, -0.1) is 0 Å². The van der Waals surface area contributed by atoms with E-state index in [9.17, 15) is 26.7 Å². The van der Waals surface area contributed by atoms with Gasteiger partial charge in [0.2, 0.25) is 11.8 Å². The second-order valence-electron chi connectivity index (χ2n) is 9.08. The fraction of sp³-hybridized carbons (Fsp3) is 0.750. The number of amides is 1. The van der Waals surface area contributed by atoms with Crippen LogP contribution in [0.5, 0.6) is 0 Å². The molecule has 1 heterocycles. The highest BCUT2D eigenvalue weighted by Gasteiger charge is 2.40. The van der Waals surface area contributed by atoms with Crippen molar-refractivity contribution in [3.05, 3.63) is 12.4 Å². The zero-order chi connectivity index (χ0) is 25.1. The lowest BCUT2D eigenvalue weighted by atomic mass is 9.81. The predicted molar refractivity (Wildman–Crippen MR) is 116 cm³/mol. The molecule has 6 N–H and O–H groups in total. The Morgan fingerprint density at radius 3 is 2.50 bits per heavy atom. The van der Waals surface area contributed by atoms with E-state index in [2.05, 4.69) is 20.8 Å². The number of halogens is 5. The number of alkyl halides is 5. The van der Waals surface area contributed by atoms with Crippen molar-refractivity contribution in [3.63, 3.8) is 0 Å². The first-order chi connectivity index (χ1) is 15.9. The van der Waals surface area contributed by atoms with Crippen LogP contribution in [0.3, 0.4) is 0 Å². The number of aromatic nitrogens is 2. The summed E-state index contributed by atoms with van der Waals surface area (Å²) >= 11 is 0. The van der Waals surface area contributed by atoms with Crippen LogP contribution in [0, 0.1) is 11.8 Å². The second-order valence-corrected chi connectivity index (χ2v) is 9.08. The summed E-state index contributed by atoms with van der Waals surface area (Å²) in [5.41, 5.74) is 0.308. The van der Waals surface area contributed by atoms with Crippen LogP contribution in [-0.4, -0.2) is 58.3 Å². The standard InChI is InChI=1S/C20H31F5N8O/c1-28-16(13-4-6-19(21,22)7-5-13)18(34)30-14-9-29-33(10-14)15(8-12-2-3-12)17(31-26)32(27)11-20(23,24)25/h9-10,12-13,15-16,28H,2-8,11,26-27H2,1H3,(H,30,34)/b31-17-. The van der Waals surface area contributed by atoms with Gasteiger partial charge in [-0.05, 0) is 38.1 Å². The summed E-state index contributed by atoms with van der Waals surface area (Å²) in [6.07, 6.45) is 0.470. The minimum absolute atomic E-state index is 0.179. The highest BCUT2D eigenvalue weighted by molar-refractivity contribution is 5.95. The molecule has 1 amide bonds. The number of nitrogens with zero attached hydrogens (tertiary/aromatic N) is 4. The summed E-state index contributed by atoms with van der Waals surface area (Å²) < 4.78 is 66.9. The molecule has 3 rings (SSSR count). The van der Waals surface area contributed by atoms with Crippen LogP contribution in [0.25, 0.3) is 0 Å². The van der Waals surface area contributed by atoms with Crippen molar-refractivity contribution in [2.75, 3.05) is 18.9 Å². The van der Waals surface area contributed by atoms with Crippen molar-refractivity contribution >= 4 is 17.4 Å². The van der Waals surface area contributed by atoms with E-state index in [1.165, 1.54) is 17.1 Å². The zero-order valence-corrected chi connectivity index (χ0v) is 18.9. The number of nitrogens with two attached hydrogens (primary N) is 2. The van der Waals surface area contributed by atoms with Gasteiger partial charge in [0.15, 0.2) is 5.84 Å². The minimum Gasteiger partial charge on any atom is -0.322 e. The Hall–Kier alpha value is -2.48. The monoisotopic (exact) mass is 494 g/mol. The van der Waals surface area contributed by atoms with Crippen LogP contribution in [0.2, 0.25) is 0 Å². The number of carbonyl (C=O) groups is 1. The van der Waals surface area contributed by atoms with Gasteiger partial charge < -0.3 is 16.5 Å². The number of hydrazone groups is 1. The normalized spacial score (nSPS) is 21.2. The van der Waals surface area contributed by atoms with Gasteiger partial charge in [0.1, 0.15) is 12.6 Å². The molecule has 34 heavy (non-hydrogen) atoms. The van der Waals surface area contributed by atoms with Gasteiger partial charge in [0.25, 0.3) is 0 Å². The summed E-state index contributed by atoms with van der Waals surface area (Å²) in [5.74, 6) is 7.78. The van der Waals surface area contributed by atoms with Crippen molar-refractivity contribution in [1.29, 1.82) is 0 Å². The number of amidine groups is 1. The van der Waals surface area contributed by atoms with E-state index in [0.29, 0.717) is 17.1 Å². The molecule has 14 heteroatoms. The van der Waals surface area contributed by atoms with E-state index in [-0.39, 0.29) is 43.4 Å². The molecular weight excluding hydrogens is 463 g/mol. The number of nitrogens with one attached hydrogen (secondary N) is 2. The van der Waals surface area contributed by atoms with E-state index in [4.69, 9.17) is 11.7 Å². The van der Waals surface area contributed by atoms with Gasteiger partial charge in [-0.2, -0.15) is 23.4 Å². The maximum atomic E-state index is 13.5. The molecule has 0 spiro atoms. The first-order valence-corrected chi connectivity index (χ1v) is 11.2. The number of likely N-dealkylation sites (N-methyl/N-ethyl adjacent to an activating group) is 1. The Morgan fingerprint density at radius 2 is 1.97 bits per heavy atom. The molecule has 2 fully saturated rings. The lowest BCUT2D eigenvalue weighted by Crippen LogP contribution is -2.48. The van der Waals surface area contributed by atoms with Gasteiger partial charge in [0, 0.05) is 19.0 Å².